The lowest BCUT2D eigenvalue weighted by atomic mass is 10.6. The minimum Gasteiger partial charge on any atom is -0.201 e. The zero-order chi connectivity index (χ0) is 5.86. The van der Waals surface area contributed by atoms with Gasteiger partial charge in [-0.2, -0.15) is 8.78 Å². The molecule has 0 saturated carbocycles. The molecule has 0 bridgehead atoms. The van der Waals surface area contributed by atoms with Crippen LogP contribution in [0, 0.1) is 6.58 Å². The molecule has 7 heavy (non-hydrogen) atoms. The maximum atomic E-state index is 11.2. The maximum absolute atomic E-state index is 11.2. The number of hydrogen-bond acceptors (Lipinski definition) is 0. The SMILES string of the molecule is [CH]=CC(F)=C(F)F. The Morgan fingerprint density at radius 2 is 1.71 bits per heavy atom. The molecule has 39 valence electrons. The van der Waals surface area contributed by atoms with Gasteiger partial charge in [-0.15, -0.1) is 0 Å². The number of rotatable bonds is 1. The van der Waals surface area contributed by atoms with E-state index in [1.807, 2.05) is 0 Å². The van der Waals surface area contributed by atoms with Crippen molar-refractivity contribution < 1.29 is 13.2 Å². The van der Waals surface area contributed by atoms with Crippen LogP contribution in [-0.2, 0) is 0 Å². The van der Waals surface area contributed by atoms with Gasteiger partial charge in [0.2, 0.25) is 0 Å². The van der Waals surface area contributed by atoms with Gasteiger partial charge in [0, 0.05) is 0 Å². The minimum atomic E-state index is -2.39. The molecule has 0 amide bonds. The number of hydrogen-bond donors (Lipinski definition) is 0. The average molecular weight is 107 g/mol. The van der Waals surface area contributed by atoms with Crippen molar-refractivity contribution in [2.24, 2.45) is 0 Å². The summed E-state index contributed by atoms with van der Waals surface area (Å²) in [6.45, 7) is 4.34. The van der Waals surface area contributed by atoms with Crippen LogP contribution in [0.3, 0.4) is 0 Å². The van der Waals surface area contributed by atoms with Gasteiger partial charge < -0.3 is 0 Å². The molecule has 0 aromatic heterocycles. The molecule has 0 saturated heterocycles. The standard InChI is InChI=1S/C4H2F3/c1-2-3(5)4(6)7/h1-2H. The van der Waals surface area contributed by atoms with E-state index in [4.69, 9.17) is 0 Å². The van der Waals surface area contributed by atoms with Gasteiger partial charge in [-0.05, 0) is 6.08 Å². The Kier molecular flexibility index (Phi) is 2.19. The van der Waals surface area contributed by atoms with Crippen molar-refractivity contribution in [3.63, 3.8) is 0 Å². The fraction of sp³-hybridized carbons (Fsp3) is 0. The Hall–Kier alpha value is -0.730. The Morgan fingerprint density at radius 3 is 1.71 bits per heavy atom. The third-order valence-corrected chi connectivity index (χ3v) is 0.327. The van der Waals surface area contributed by atoms with Gasteiger partial charge in [0.1, 0.15) is 0 Å². The highest BCUT2D eigenvalue weighted by Gasteiger charge is 1.95. The van der Waals surface area contributed by atoms with Gasteiger partial charge in [-0.1, -0.05) is 6.58 Å². The van der Waals surface area contributed by atoms with Gasteiger partial charge in [0.15, 0.2) is 5.83 Å². The fourth-order valence-electron chi connectivity index (χ4n) is 0.0630. The lowest BCUT2D eigenvalue weighted by Crippen LogP contribution is -1.63. The summed E-state index contributed by atoms with van der Waals surface area (Å²) in [6, 6.07) is 0. The lowest BCUT2D eigenvalue weighted by molar-refractivity contribution is 0.387. The molecule has 0 N–H and O–H groups in total. The summed E-state index contributed by atoms with van der Waals surface area (Å²) < 4.78 is 32.8. The molecule has 0 spiro atoms. The molecular weight excluding hydrogens is 105 g/mol. The number of halogens is 3. The molecule has 0 rings (SSSR count). The van der Waals surface area contributed by atoms with Gasteiger partial charge in [-0.25, -0.2) is 4.39 Å². The molecule has 0 fully saturated rings. The van der Waals surface area contributed by atoms with Crippen LogP contribution >= 0.6 is 0 Å². The van der Waals surface area contributed by atoms with Crippen LogP contribution in [0.2, 0.25) is 0 Å². The van der Waals surface area contributed by atoms with Crippen molar-refractivity contribution >= 4 is 0 Å². The van der Waals surface area contributed by atoms with Gasteiger partial charge in [0.25, 0.3) is 0 Å². The van der Waals surface area contributed by atoms with Crippen molar-refractivity contribution in [1.29, 1.82) is 0 Å². The van der Waals surface area contributed by atoms with Crippen molar-refractivity contribution in [2.45, 2.75) is 0 Å². The molecule has 0 aliphatic carbocycles. The molecule has 0 unspecified atom stereocenters. The van der Waals surface area contributed by atoms with Crippen molar-refractivity contribution in [3.8, 4) is 0 Å². The first-order chi connectivity index (χ1) is 3.18. The monoisotopic (exact) mass is 107 g/mol. The van der Waals surface area contributed by atoms with Gasteiger partial charge in [-0.3, -0.25) is 0 Å². The zero-order valence-electron chi connectivity index (χ0n) is 3.29. The quantitative estimate of drug-likeness (QED) is 0.450. The van der Waals surface area contributed by atoms with E-state index in [-0.39, 0.29) is 6.08 Å². The first kappa shape index (κ1) is 6.27. The second kappa shape index (κ2) is 2.44. The molecule has 0 heterocycles. The second-order valence-corrected chi connectivity index (χ2v) is 0.775. The first-order valence-corrected chi connectivity index (χ1v) is 1.44. The van der Waals surface area contributed by atoms with Gasteiger partial charge in [0.05, 0.1) is 0 Å². The van der Waals surface area contributed by atoms with Crippen LogP contribution < -0.4 is 0 Å². The zero-order valence-corrected chi connectivity index (χ0v) is 3.29. The fourth-order valence-corrected chi connectivity index (χ4v) is 0.0630. The molecule has 0 nitrogen and oxygen atoms in total. The van der Waals surface area contributed by atoms with E-state index in [1.165, 1.54) is 0 Å². The summed E-state index contributed by atoms with van der Waals surface area (Å²) >= 11 is 0. The Balaban J connectivity index is 3.98. The van der Waals surface area contributed by atoms with Crippen LogP contribution in [0.5, 0.6) is 0 Å². The molecule has 0 atom stereocenters. The van der Waals surface area contributed by atoms with Gasteiger partial charge >= 0.3 is 6.08 Å². The predicted octanol–water partition coefficient (Wildman–Crippen LogP) is 2.05. The minimum absolute atomic E-state index is 0.204. The molecule has 0 aliphatic heterocycles. The molecule has 0 aliphatic rings. The van der Waals surface area contributed by atoms with E-state index in [1.54, 1.807) is 0 Å². The summed E-state index contributed by atoms with van der Waals surface area (Å²) in [4.78, 5) is 0. The summed E-state index contributed by atoms with van der Waals surface area (Å²) in [5.74, 6) is -1.67. The van der Waals surface area contributed by atoms with Crippen molar-refractivity contribution in [2.75, 3.05) is 0 Å². The molecule has 0 aromatic carbocycles. The van der Waals surface area contributed by atoms with Crippen LogP contribution in [-0.4, -0.2) is 0 Å². The summed E-state index contributed by atoms with van der Waals surface area (Å²) in [6.07, 6.45) is -2.18. The third kappa shape index (κ3) is 2.03. The van der Waals surface area contributed by atoms with Crippen LogP contribution in [0.4, 0.5) is 13.2 Å². The Bertz CT molecular complexity index is 99.5. The maximum Gasteiger partial charge on any atom is 0.305 e. The second-order valence-electron chi connectivity index (χ2n) is 0.775. The van der Waals surface area contributed by atoms with E-state index in [9.17, 15) is 13.2 Å². The molecule has 3 heteroatoms. The van der Waals surface area contributed by atoms with E-state index >= 15 is 0 Å². The lowest BCUT2D eigenvalue weighted by Gasteiger charge is -1.76. The van der Waals surface area contributed by atoms with E-state index in [2.05, 4.69) is 6.58 Å². The highest BCUT2D eigenvalue weighted by atomic mass is 19.3. The van der Waals surface area contributed by atoms with Crippen LogP contribution in [0.1, 0.15) is 0 Å². The summed E-state index contributed by atoms with van der Waals surface area (Å²) in [5, 5.41) is 0. The average Bonchev–Trinajstić information content (AvgIpc) is 1.65. The molecular formula is C4H2F3. The van der Waals surface area contributed by atoms with Crippen molar-refractivity contribution in [3.05, 3.63) is 24.6 Å². The highest BCUT2D eigenvalue weighted by Crippen LogP contribution is 2.07. The van der Waals surface area contributed by atoms with Crippen molar-refractivity contribution in [1.82, 2.24) is 0 Å². The highest BCUT2D eigenvalue weighted by molar-refractivity contribution is 5.05. The van der Waals surface area contributed by atoms with E-state index in [0.717, 1.165) is 0 Å². The Morgan fingerprint density at radius 1 is 1.29 bits per heavy atom. The summed E-state index contributed by atoms with van der Waals surface area (Å²) in [5.41, 5.74) is 0. The molecule has 0 aromatic rings. The van der Waals surface area contributed by atoms with Crippen LogP contribution in [0.15, 0.2) is 18.0 Å². The smallest absolute Gasteiger partial charge is 0.201 e. The topological polar surface area (TPSA) is 0 Å². The van der Waals surface area contributed by atoms with E-state index < -0.39 is 11.9 Å². The predicted molar refractivity (Wildman–Crippen MR) is 19.2 cm³/mol. The third-order valence-electron chi connectivity index (χ3n) is 0.327. The Labute approximate surface area is 39.0 Å². The largest absolute Gasteiger partial charge is 0.305 e. The number of allylic oxidation sites excluding steroid dienone is 2. The van der Waals surface area contributed by atoms with E-state index in [0.29, 0.717) is 0 Å². The normalized spacial score (nSPS) is 7.86. The van der Waals surface area contributed by atoms with Crippen LogP contribution in [0.25, 0.3) is 0 Å². The first-order valence-electron chi connectivity index (χ1n) is 1.44. The molecule has 1 radical (unpaired) electrons. The summed E-state index contributed by atoms with van der Waals surface area (Å²) in [7, 11) is 0.